The minimum absolute atomic E-state index is 0.383. The van der Waals surface area contributed by atoms with Crippen molar-refractivity contribution in [3.63, 3.8) is 0 Å². The summed E-state index contributed by atoms with van der Waals surface area (Å²) in [6.45, 7) is 1.54. The maximum absolute atomic E-state index is 13.1. The van der Waals surface area contributed by atoms with Gasteiger partial charge in [0.15, 0.2) is 0 Å². The van der Waals surface area contributed by atoms with E-state index in [1.54, 1.807) is 13.3 Å². The van der Waals surface area contributed by atoms with E-state index in [0.717, 1.165) is 51.8 Å². The van der Waals surface area contributed by atoms with Gasteiger partial charge in [-0.2, -0.15) is 0 Å². The van der Waals surface area contributed by atoms with E-state index in [-0.39, 0.29) is 11.8 Å². The van der Waals surface area contributed by atoms with E-state index in [0.29, 0.717) is 11.1 Å². The van der Waals surface area contributed by atoms with Crippen LogP contribution in [0.25, 0.3) is 33.0 Å². The van der Waals surface area contributed by atoms with Gasteiger partial charge in [0.05, 0.1) is 23.8 Å². The van der Waals surface area contributed by atoms with Crippen molar-refractivity contribution >= 4 is 44.8 Å². The zero-order chi connectivity index (χ0) is 22.4. The van der Waals surface area contributed by atoms with Crippen molar-refractivity contribution in [1.29, 1.82) is 0 Å². The maximum Gasteiger partial charge on any atom is 0.259 e. The highest BCUT2D eigenvalue weighted by atomic mass is 16.5. The fourth-order valence-corrected chi connectivity index (χ4v) is 4.42. The van der Waals surface area contributed by atoms with Crippen LogP contribution in [0.5, 0.6) is 5.75 Å². The van der Waals surface area contributed by atoms with E-state index < -0.39 is 0 Å². The molecule has 7 heteroatoms. The number of para-hydroxylation sites is 2. The number of methoxy groups -OCH3 is 1. The normalized spacial score (nSPS) is 14.2. The fraction of sp³-hybridized carbons (Fsp3) is 0.200. The predicted octanol–water partition coefficient (Wildman–Crippen LogP) is 3.26. The van der Waals surface area contributed by atoms with Gasteiger partial charge < -0.3 is 19.2 Å². The lowest BCUT2D eigenvalue weighted by molar-refractivity contribution is -0.122. The third-order valence-electron chi connectivity index (χ3n) is 5.93. The van der Waals surface area contributed by atoms with Gasteiger partial charge >= 0.3 is 0 Å². The molecule has 0 saturated heterocycles. The summed E-state index contributed by atoms with van der Waals surface area (Å²) in [4.78, 5) is 31.3. The molecule has 0 bridgehead atoms. The smallest absolute Gasteiger partial charge is 0.259 e. The Morgan fingerprint density at radius 1 is 0.938 bits per heavy atom. The molecule has 1 aliphatic rings. The molecule has 0 saturated carbocycles. The molecular weight excluding hydrogens is 404 g/mol. The zero-order valence-electron chi connectivity index (χ0n) is 18.2. The van der Waals surface area contributed by atoms with Crippen LogP contribution in [0.4, 0.5) is 0 Å². The summed E-state index contributed by atoms with van der Waals surface area (Å²) in [5.41, 5.74) is 4.04. The van der Waals surface area contributed by atoms with E-state index in [1.165, 1.54) is 0 Å². The first-order chi connectivity index (χ1) is 15.5. The first-order valence-corrected chi connectivity index (χ1v) is 10.5. The Morgan fingerprint density at radius 2 is 1.66 bits per heavy atom. The number of carbonyl (C=O) groups is 2. The number of amides is 2. The van der Waals surface area contributed by atoms with Crippen LogP contribution in [0.2, 0.25) is 0 Å². The van der Waals surface area contributed by atoms with Crippen LogP contribution in [0.15, 0.2) is 54.9 Å². The lowest BCUT2D eigenvalue weighted by Gasteiger charge is -2.12. The molecule has 1 aliphatic heterocycles. The van der Waals surface area contributed by atoms with E-state index in [2.05, 4.69) is 19.8 Å². The van der Waals surface area contributed by atoms with Crippen molar-refractivity contribution in [2.45, 2.75) is 6.54 Å². The maximum atomic E-state index is 13.1. The number of likely N-dealkylation sites (N-methyl/N-ethyl adjacent to an activating group) is 1. The lowest BCUT2D eigenvalue weighted by Crippen LogP contribution is -2.22. The Morgan fingerprint density at radius 3 is 2.41 bits per heavy atom. The fourth-order valence-electron chi connectivity index (χ4n) is 4.42. The molecule has 0 atom stereocenters. The highest BCUT2D eigenvalue weighted by Crippen LogP contribution is 2.40. The van der Waals surface area contributed by atoms with Gasteiger partial charge in [-0.1, -0.05) is 30.3 Å². The molecule has 2 amide bonds. The first kappa shape index (κ1) is 20.1. The van der Waals surface area contributed by atoms with Gasteiger partial charge in [0.1, 0.15) is 5.75 Å². The highest BCUT2D eigenvalue weighted by molar-refractivity contribution is 6.50. The lowest BCUT2D eigenvalue weighted by atomic mass is 9.95. The summed E-state index contributed by atoms with van der Waals surface area (Å²) in [7, 11) is 5.68. The number of nitrogens with one attached hydrogen (secondary N) is 2. The topological polar surface area (TPSA) is 79.4 Å². The number of H-pyrrole nitrogens is 1. The largest absolute Gasteiger partial charge is 0.495 e. The molecule has 0 aliphatic carbocycles. The summed E-state index contributed by atoms with van der Waals surface area (Å²) in [5, 5.41) is 4.28. The number of nitrogens with zero attached hydrogens (tertiary/aromatic N) is 2. The van der Waals surface area contributed by atoms with Crippen molar-refractivity contribution in [2.75, 3.05) is 27.7 Å². The van der Waals surface area contributed by atoms with Gasteiger partial charge in [-0.3, -0.25) is 14.9 Å². The molecule has 0 radical (unpaired) electrons. The van der Waals surface area contributed by atoms with Gasteiger partial charge in [0, 0.05) is 52.9 Å². The monoisotopic (exact) mass is 428 g/mol. The standard InChI is InChI=1S/C25H24N4O3/c1-28(2)11-12-29-14-18(16-8-6-10-20(32-3)23(16)29)22-21(24(30)27-25(22)31)17-13-26-19-9-5-4-7-15(17)19/h4-10,13-14,26H,11-12H2,1-3H3,(H,27,30,31). The second-order valence-corrected chi connectivity index (χ2v) is 8.18. The van der Waals surface area contributed by atoms with Crippen molar-refractivity contribution in [3.8, 4) is 5.75 Å². The van der Waals surface area contributed by atoms with E-state index >= 15 is 0 Å². The van der Waals surface area contributed by atoms with Crippen LogP contribution in [-0.2, 0) is 16.1 Å². The van der Waals surface area contributed by atoms with E-state index in [4.69, 9.17) is 4.74 Å². The molecule has 0 fully saturated rings. The van der Waals surface area contributed by atoms with Crippen LogP contribution in [-0.4, -0.2) is 54.0 Å². The number of aromatic amines is 1. The van der Waals surface area contributed by atoms with Crippen LogP contribution >= 0.6 is 0 Å². The third-order valence-corrected chi connectivity index (χ3v) is 5.93. The van der Waals surface area contributed by atoms with Gasteiger partial charge in [-0.15, -0.1) is 0 Å². The number of imide groups is 1. The molecule has 2 aromatic carbocycles. The summed E-state index contributed by atoms with van der Waals surface area (Å²) >= 11 is 0. The summed E-state index contributed by atoms with van der Waals surface area (Å²) in [5.74, 6) is -0.0388. The molecular formula is C25H24N4O3. The Labute approximate surface area is 185 Å². The Kier molecular flexibility index (Phi) is 4.83. The molecule has 0 spiro atoms. The molecule has 4 aromatic rings. The minimum atomic E-state index is -0.384. The van der Waals surface area contributed by atoms with Gasteiger partial charge in [0.25, 0.3) is 11.8 Å². The second kappa shape index (κ2) is 7.69. The Hall–Kier alpha value is -3.84. The summed E-state index contributed by atoms with van der Waals surface area (Å²) < 4.78 is 7.73. The number of fused-ring (bicyclic) bond motifs is 2. The number of aromatic nitrogens is 2. The van der Waals surface area contributed by atoms with Crippen molar-refractivity contribution < 1.29 is 14.3 Å². The molecule has 7 nitrogen and oxygen atoms in total. The van der Waals surface area contributed by atoms with Gasteiger partial charge in [-0.05, 0) is 26.2 Å². The Bertz CT molecular complexity index is 1410. The van der Waals surface area contributed by atoms with E-state index in [9.17, 15) is 9.59 Å². The molecule has 162 valence electrons. The predicted molar refractivity (Wildman–Crippen MR) is 125 cm³/mol. The van der Waals surface area contributed by atoms with Crippen LogP contribution in [0, 0.1) is 0 Å². The molecule has 2 aromatic heterocycles. The van der Waals surface area contributed by atoms with Crippen LogP contribution < -0.4 is 10.1 Å². The molecule has 2 N–H and O–H groups in total. The van der Waals surface area contributed by atoms with Crippen molar-refractivity contribution in [1.82, 2.24) is 19.8 Å². The number of hydrogen-bond acceptors (Lipinski definition) is 4. The quantitative estimate of drug-likeness (QED) is 0.462. The molecule has 0 unspecified atom stereocenters. The average molecular weight is 428 g/mol. The average Bonchev–Trinajstić information content (AvgIpc) is 3.44. The Balaban J connectivity index is 1.79. The molecule has 5 rings (SSSR count). The van der Waals surface area contributed by atoms with Crippen molar-refractivity contribution in [3.05, 3.63) is 66.0 Å². The van der Waals surface area contributed by atoms with Gasteiger partial charge in [0.2, 0.25) is 0 Å². The summed E-state index contributed by atoms with van der Waals surface area (Å²) in [6.07, 6.45) is 3.75. The third kappa shape index (κ3) is 3.09. The number of rotatable bonds is 6. The molecule has 3 heterocycles. The summed E-state index contributed by atoms with van der Waals surface area (Å²) in [6, 6.07) is 13.5. The number of carbonyl (C=O) groups excluding carboxylic acids is 2. The van der Waals surface area contributed by atoms with E-state index in [1.807, 2.05) is 62.8 Å². The van der Waals surface area contributed by atoms with Gasteiger partial charge in [-0.25, -0.2) is 0 Å². The first-order valence-electron chi connectivity index (χ1n) is 10.5. The van der Waals surface area contributed by atoms with Crippen LogP contribution in [0.3, 0.4) is 0 Å². The molecule has 32 heavy (non-hydrogen) atoms. The number of hydrogen-bond donors (Lipinski definition) is 2. The SMILES string of the molecule is COc1cccc2c(C3=C(c4c[nH]c5ccccc45)C(=O)NC3=O)cn(CCN(C)C)c12. The zero-order valence-corrected chi connectivity index (χ0v) is 18.2. The minimum Gasteiger partial charge on any atom is -0.495 e. The highest BCUT2D eigenvalue weighted by Gasteiger charge is 2.35. The van der Waals surface area contributed by atoms with Crippen LogP contribution in [0.1, 0.15) is 11.1 Å². The number of ether oxygens (including phenoxy) is 1. The number of benzene rings is 2. The van der Waals surface area contributed by atoms with Crippen molar-refractivity contribution in [2.24, 2.45) is 0 Å². The second-order valence-electron chi connectivity index (χ2n) is 8.18.